The molecule has 0 saturated heterocycles. The molecule has 2 heterocycles. The molecular weight excluding hydrogens is 236 g/mol. The Morgan fingerprint density at radius 2 is 2.37 bits per heavy atom. The average Bonchev–Trinajstić information content (AvgIpc) is 2.97. The summed E-state index contributed by atoms with van der Waals surface area (Å²) in [5, 5.41) is 4.38. The van der Waals surface area contributed by atoms with E-state index in [0.29, 0.717) is 12.1 Å². The number of aryl methyl sites for hydroxylation is 1. The van der Waals surface area contributed by atoms with Gasteiger partial charge in [0.15, 0.2) is 5.78 Å². The molecule has 1 aliphatic rings. The minimum absolute atomic E-state index is 0.107. The third-order valence-corrected chi connectivity index (χ3v) is 3.47. The molecule has 19 heavy (non-hydrogen) atoms. The number of ketones is 1. The highest BCUT2D eigenvalue weighted by Crippen LogP contribution is 2.34. The average molecular weight is 256 g/mol. The Bertz CT molecular complexity index is 549. The quantitative estimate of drug-likeness (QED) is 0.595. The lowest BCUT2D eigenvalue weighted by Gasteiger charge is -2.08. The van der Waals surface area contributed by atoms with Crippen LogP contribution < -0.4 is 0 Å². The third kappa shape index (κ3) is 2.75. The first kappa shape index (κ1) is 13.5. The van der Waals surface area contributed by atoms with Crippen molar-refractivity contribution in [1.82, 2.24) is 9.78 Å². The topological polar surface area (TPSA) is 34.9 Å². The van der Waals surface area contributed by atoms with E-state index in [1.54, 1.807) is 0 Å². The van der Waals surface area contributed by atoms with Crippen LogP contribution in [0.25, 0.3) is 0 Å². The van der Waals surface area contributed by atoms with Crippen LogP contribution in [-0.4, -0.2) is 15.6 Å². The van der Waals surface area contributed by atoms with Gasteiger partial charge in [-0.15, -0.1) is 0 Å². The maximum Gasteiger partial charge on any atom is 0.182 e. The van der Waals surface area contributed by atoms with Gasteiger partial charge in [0.2, 0.25) is 0 Å². The van der Waals surface area contributed by atoms with Gasteiger partial charge in [0.25, 0.3) is 0 Å². The number of Topliss-reactive ketones (excluding diaryl/α,β-unsaturated/α-hetero) is 1. The molecule has 3 nitrogen and oxygen atoms in total. The van der Waals surface area contributed by atoms with E-state index < -0.39 is 0 Å². The second kappa shape index (κ2) is 5.83. The van der Waals surface area contributed by atoms with Crippen LogP contribution in [0.4, 0.5) is 0 Å². The van der Waals surface area contributed by atoms with Crippen LogP contribution in [-0.2, 0) is 6.54 Å². The second-order valence-electron chi connectivity index (χ2n) is 4.76. The number of hydrogen-bond acceptors (Lipinski definition) is 2. The minimum atomic E-state index is 0.107. The summed E-state index contributed by atoms with van der Waals surface area (Å²) in [6.45, 7) is 8.85. The van der Waals surface area contributed by atoms with Crippen molar-refractivity contribution in [3.8, 4) is 0 Å². The van der Waals surface area contributed by atoms with Gasteiger partial charge in [-0.1, -0.05) is 37.8 Å². The fourth-order valence-electron chi connectivity index (χ4n) is 2.39. The van der Waals surface area contributed by atoms with Crippen LogP contribution in [0, 0.1) is 0 Å². The molecule has 0 aromatic carbocycles. The van der Waals surface area contributed by atoms with E-state index in [4.69, 9.17) is 0 Å². The van der Waals surface area contributed by atoms with Crippen molar-refractivity contribution < 1.29 is 4.79 Å². The summed E-state index contributed by atoms with van der Waals surface area (Å²) in [7, 11) is 0. The summed E-state index contributed by atoms with van der Waals surface area (Å²) in [5.74, 6) is 0.392. The Kier molecular flexibility index (Phi) is 4.15. The molecule has 0 fully saturated rings. The number of carbonyl (C=O) groups excluding carboxylic acids is 1. The largest absolute Gasteiger partial charge is 0.292 e. The molecule has 100 valence electrons. The van der Waals surface area contributed by atoms with E-state index in [1.807, 2.05) is 48.9 Å². The SMILES string of the molecule is C=C(/C=C\C=C/C)[C@@H]1CCn2nc(C(=O)CC)cc21. The first-order valence-electron chi connectivity index (χ1n) is 6.76. The third-order valence-electron chi connectivity index (χ3n) is 3.47. The molecule has 0 N–H and O–H groups in total. The Labute approximate surface area is 114 Å². The van der Waals surface area contributed by atoms with Crippen molar-refractivity contribution in [3.63, 3.8) is 0 Å². The zero-order valence-electron chi connectivity index (χ0n) is 11.6. The lowest BCUT2D eigenvalue weighted by atomic mass is 9.95. The number of nitrogens with zero attached hydrogens (tertiary/aromatic N) is 2. The molecule has 0 spiro atoms. The summed E-state index contributed by atoms with van der Waals surface area (Å²) in [6.07, 6.45) is 9.53. The zero-order valence-corrected chi connectivity index (χ0v) is 11.6. The van der Waals surface area contributed by atoms with Gasteiger partial charge in [0, 0.05) is 24.6 Å². The lowest BCUT2D eigenvalue weighted by molar-refractivity contribution is 0.0982. The molecule has 0 aliphatic carbocycles. The van der Waals surface area contributed by atoms with Gasteiger partial charge in [-0.05, 0) is 25.0 Å². The number of aromatic nitrogens is 2. The van der Waals surface area contributed by atoms with Crippen LogP contribution in [0.15, 0.2) is 42.5 Å². The molecule has 2 rings (SSSR count). The van der Waals surface area contributed by atoms with Crippen molar-refractivity contribution in [2.45, 2.75) is 39.2 Å². The molecule has 1 aliphatic heterocycles. The highest BCUT2D eigenvalue weighted by molar-refractivity contribution is 5.94. The molecule has 1 atom stereocenters. The van der Waals surface area contributed by atoms with Gasteiger partial charge >= 0.3 is 0 Å². The van der Waals surface area contributed by atoms with Crippen molar-refractivity contribution in [1.29, 1.82) is 0 Å². The Morgan fingerprint density at radius 1 is 1.58 bits per heavy atom. The lowest BCUT2D eigenvalue weighted by Crippen LogP contribution is -2.00. The molecule has 0 radical (unpaired) electrons. The summed E-state index contributed by atoms with van der Waals surface area (Å²) in [4.78, 5) is 11.7. The van der Waals surface area contributed by atoms with Crippen LogP contribution in [0.3, 0.4) is 0 Å². The molecule has 0 saturated carbocycles. The predicted octanol–water partition coefficient (Wildman–Crippen LogP) is 3.65. The van der Waals surface area contributed by atoms with Crippen molar-refractivity contribution in [2.24, 2.45) is 0 Å². The van der Waals surface area contributed by atoms with Crippen molar-refractivity contribution in [2.75, 3.05) is 0 Å². The van der Waals surface area contributed by atoms with E-state index in [1.165, 1.54) is 0 Å². The first-order chi connectivity index (χ1) is 9.17. The highest BCUT2D eigenvalue weighted by atomic mass is 16.1. The van der Waals surface area contributed by atoms with E-state index in [0.717, 1.165) is 24.2 Å². The van der Waals surface area contributed by atoms with Gasteiger partial charge in [-0.2, -0.15) is 5.10 Å². The fraction of sp³-hybridized carbons (Fsp3) is 0.375. The summed E-state index contributed by atoms with van der Waals surface area (Å²) in [5.41, 5.74) is 2.78. The maximum absolute atomic E-state index is 11.7. The highest BCUT2D eigenvalue weighted by Gasteiger charge is 2.27. The number of fused-ring (bicyclic) bond motifs is 1. The van der Waals surface area contributed by atoms with Gasteiger partial charge in [-0.25, -0.2) is 0 Å². The van der Waals surface area contributed by atoms with E-state index in [9.17, 15) is 4.79 Å². The van der Waals surface area contributed by atoms with Crippen LogP contribution in [0.5, 0.6) is 0 Å². The Hall–Kier alpha value is -1.90. The number of rotatable bonds is 5. The van der Waals surface area contributed by atoms with E-state index in [2.05, 4.69) is 11.7 Å². The van der Waals surface area contributed by atoms with Crippen LogP contribution in [0.2, 0.25) is 0 Å². The normalized spacial score (nSPS) is 18.3. The fourth-order valence-corrected chi connectivity index (χ4v) is 2.39. The smallest absolute Gasteiger partial charge is 0.182 e. The van der Waals surface area contributed by atoms with Gasteiger partial charge in [0.1, 0.15) is 5.69 Å². The summed E-state index contributed by atoms with van der Waals surface area (Å²) >= 11 is 0. The van der Waals surface area contributed by atoms with Gasteiger partial charge < -0.3 is 0 Å². The van der Waals surface area contributed by atoms with Crippen molar-refractivity contribution in [3.05, 3.63) is 53.9 Å². The van der Waals surface area contributed by atoms with Crippen molar-refractivity contribution >= 4 is 5.78 Å². The van der Waals surface area contributed by atoms with E-state index in [-0.39, 0.29) is 11.7 Å². The minimum Gasteiger partial charge on any atom is -0.292 e. The monoisotopic (exact) mass is 256 g/mol. The molecule has 0 unspecified atom stereocenters. The zero-order chi connectivity index (χ0) is 13.8. The second-order valence-corrected chi connectivity index (χ2v) is 4.76. The van der Waals surface area contributed by atoms with Crippen LogP contribution in [0.1, 0.15) is 48.8 Å². The number of allylic oxidation sites excluding steroid dienone is 5. The standard InChI is InChI=1S/C16H20N2O/c1-4-6-7-8-12(3)13-9-10-18-15(13)11-14(17-18)16(19)5-2/h4,6-8,11,13H,3,5,9-10H2,1-2H3/b6-4-,8-7-/t13-/m0/s1. The van der Waals surface area contributed by atoms with Gasteiger partial charge in [0.05, 0.1) is 0 Å². The maximum atomic E-state index is 11.7. The van der Waals surface area contributed by atoms with Gasteiger partial charge in [-0.3, -0.25) is 9.48 Å². The number of hydrogen-bond donors (Lipinski definition) is 0. The Morgan fingerprint density at radius 3 is 3.05 bits per heavy atom. The molecular formula is C16H20N2O. The number of carbonyl (C=O) groups is 1. The van der Waals surface area contributed by atoms with Crippen LogP contribution >= 0.6 is 0 Å². The molecule has 0 bridgehead atoms. The molecule has 1 aromatic heterocycles. The molecule has 1 aromatic rings. The Balaban J connectivity index is 2.19. The first-order valence-corrected chi connectivity index (χ1v) is 6.76. The summed E-state index contributed by atoms with van der Waals surface area (Å²) < 4.78 is 1.95. The molecule has 3 heteroatoms. The predicted molar refractivity (Wildman–Crippen MR) is 77.3 cm³/mol. The molecule has 0 amide bonds. The summed E-state index contributed by atoms with van der Waals surface area (Å²) in [6, 6.07) is 1.93. The van der Waals surface area contributed by atoms with E-state index >= 15 is 0 Å².